The molecule has 1 amide bonds. The maximum Gasteiger partial charge on any atom is 0.222 e. The Labute approximate surface area is 99.8 Å². The molecule has 0 radical (unpaired) electrons. The summed E-state index contributed by atoms with van der Waals surface area (Å²) < 4.78 is 0. The summed E-state index contributed by atoms with van der Waals surface area (Å²) in [6, 6.07) is 0. The predicted octanol–water partition coefficient (Wildman–Crippen LogP) is 2.58. The molecule has 0 aliphatic heterocycles. The van der Waals surface area contributed by atoms with E-state index < -0.39 is 0 Å². The number of hydrogen-bond acceptors (Lipinski definition) is 2. The van der Waals surface area contributed by atoms with Gasteiger partial charge in [0.05, 0.1) is 0 Å². The van der Waals surface area contributed by atoms with Crippen LogP contribution in [0.25, 0.3) is 0 Å². The van der Waals surface area contributed by atoms with Crippen LogP contribution in [0.2, 0.25) is 0 Å². The highest BCUT2D eigenvalue weighted by Crippen LogP contribution is 2.05. The minimum Gasteiger partial charge on any atom is -0.396 e. The molecular weight excluding hydrogens is 202 g/mol. The van der Waals surface area contributed by atoms with Crippen LogP contribution >= 0.6 is 0 Å². The van der Waals surface area contributed by atoms with Crippen LogP contribution in [0.4, 0.5) is 0 Å². The van der Waals surface area contributed by atoms with Gasteiger partial charge in [0.25, 0.3) is 0 Å². The molecule has 0 aliphatic carbocycles. The summed E-state index contributed by atoms with van der Waals surface area (Å²) in [5.41, 5.74) is 0. The molecule has 3 nitrogen and oxygen atoms in total. The van der Waals surface area contributed by atoms with E-state index >= 15 is 0 Å². The maximum absolute atomic E-state index is 11.9. The first-order valence-corrected chi connectivity index (χ1v) is 6.64. The van der Waals surface area contributed by atoms with E-state index in [1.54, 1.807) is 0 Å². The molecular formula is C13H27NO2. The number of unbranched alkanes of at least 4 members (excludes halogenated alkanes) is 3. The van der Waals surface area contributed by atoms with Crippen molar-refractivity contribution in [2.75, 3.05) is 19.7 Å². The summed E-state index contributed by atoms with van der Waals surface area (Å²) in [5.74, 6) is 0.260. The second-order valence-corrected chi connectivity index (χ2v) is 4.27. The molecule has 0 unspecified atom stereocenters. The van der Waals surface area contributed by atoms with Crippen LogP contribution in [0.3, 0.4) is 0 Å². The number of aliphatic hydroxyl groups excluding tert-OH is 1. The number of hydrogen-bond donors (Lipinski definition) is 1. The van der Waals surface area contributed by atoms with Gasteiger partial charge in [-0.15, -0.1) is 0 Å². The smallest absolute Gasteiger partial charge is 0.222 e. The average molecular weight is 229 g/mol. The average Bonchev–Trinajstić information content (AvgIpc) is 2.29. The van der Waals surface area contributed by atoms with Crippen LogP contribution in [-0.2, 0) is 4.79 Å². The van der Waals surface area contributed by atoms with E-state index in [4.69, 9.17) is 5.11 Å². The highest BCUT2D eigenvalue weighted by molar-refractivity contribution is 5.76. The zero-order valence-corrected chi connectivity index (χ0v) is 10.9. The third-order valence-electron chi connectivity index (χ3n) is 2.71. The highest BCUT2D eigenvalue weighted by atomic mass is 16.3. The van der Waals surface area contributed by atoms with Crippen LogP contribution in [0.15, 0.2) is 0 Å². The van der Waals surface area contributed by atoms with E-state index in [0.717, 1.165) is 51.6 Å². The van der Waals surface area contributed by atoms with Gasteiger partial charge in [-0.1, -0.05) is 26.7 Å². The van der Waals surface area contributed by atoms with Crippen molar-refractivity contribution in [3.63, 3.8) is 0 Å². The van der Waals surface area contributed by atoms with Crippen molar-refractivity contribution in [2.45, 2.75) is 58.8 Å². The summed E-state index contributed by atoms with van der Waals surface area (Å²) in [6.45, 7) is 6.28. The first kappa shape index (κ1) is 15.4. The summed E-state index contributed by atoms with van der Waals surface area (Å²) >= 11 is 0. The van der Waals surface area contributed by atoms with Gasteiger partial charge in [0.15, 0.2) is 0 Å². The Morgan fingerprint density at radius 3 is 2.00 bits per heavy atom. The lowest BCUT2D eigenvalue weighted by atomic mass is 10.2. The van der Waals surface area contributed by atoms with Gasteiger partial charge in [-0.05, 0) is 25.7 Å². The van der Waals surface area contributed by atoms with E-state index in [9.17, 15) is 4.79 Å². The molecule has 0 aromatic carbocycles. The van der Waals surface area contributed by atoms with E-state index in [2.05, 4.69) is 13.8 Å². The van der Waals surface area contributed by atoms with E-state index in [1.165, 1.54) is 0 Å². The van der Waals surface area contributed by atoms with E-state index in [1.807, 2.05) is 4.90 Å². The lowest BCUT2D eigenvalue weighted by Crippen LogP contribution is -2.32. The Balaban J connectivity index is 3.88. The summed E-state index contributed by atoms with van der Waals surface area (Å²) in [5, 5.41) is 8.68. The Bertz CT molecular complexity index is 163. The number of carbonyl (C=O) groups is 1. The minimum atomic E-state index is 0.192. The molecule has 96 valence electrons. The highest BCUT2D eigenvalue weighted by Gasteiger charge is 2.11. The molecule has 0 atom stereocenters. The second-order valence-electron chi connectivity index (χ2n) is 4.27. The summed E-state index contributed by atoms with van der Waals surface area (Å²) in [4.78, 5) is 13.9. The number of rotatable bonds is 10. The van der Waals surface area contributed by atoms with Crippen molar-refractivity contribution in [2.24, 2.45) is 0 Å². The van der Waals surface area contributed by atoms with Crippen molar-refractivity contribution in [1.29, 1.82) is 0 Å². The molecule has 0 spiro atoms. The lowest BCUT2D eigenvalue weighted by Gasteiger charge is -2.22. The number of carbonyl (C=O) groups excluding carboxylic acids is 1. The van der Waals surface area contributed by atoms with Crippen molar-refractivity contribution in [1.82, 2.24) is 4.90 Å². The fraction of sp³-hybridized carbons (Fsp3) is 0.923. The van der Waals surface area contributed by atoms with Gasteiger partial charge in [-0.3, -0.25) is 4.79 Å². The zero-order chi connectivity index (χ0) is 12.2. The van der Waals surface area contributed by atoms with Crippen LogP contribution in [0.5, 0.6) is 0 Å². The topological polar surface area (TPSA) is 40.5 Å². The number of aliphatic hydroxyl groups is 1. The Kier molecular flexibility index (Phi) is 10.5. The van der Waals surface area contributed by atoms with E-state index in [0.29, 0.717) is 6.42 Å². The predicted molar refractivity (Wildman–Crippen MR) is 67.3 cm³/mol. The molecule has 0 rings (SSSR count). The molecule has 0 saturated carbocycles. The molecule has 3 heteroatoms. The maximum atomic E-state index is 11.9. The van der Waals surface area contributed by atoms with Gasteiger partial charge in [-0.25, -0.2) is 0 Å². The SMILES string of the molecule is CCCCN(CCCC)C(=O)CCCCO. The fourth-order valence-corrected chi connectivity index (χ4v) is 1.61. The molecule has 0 saturated heterocycles. The van der Waals surface area contributed by atoms with Crippen molar-refractivity contribution < 1.29 is 9.90 Å². The minimum absolute atomic E-state index is 0.192. The molecule has 0 fully saturated rings. The molecule has 0 heterocycles. The first-order valence-electron chi connectivity index (χ1n) is 6.64. The van der Waals surface area contributed by atoms with Crippen LogP contribution < -0.4 is 0 Å². The van der Waals surface area contributed by atoms with Crippen molar-refractivity contribution in [3.8, 4) is 0 Å². The van der Waals surface area contributed by atoms with Gasteiger partial charge in [0, 0.05) is 26.1 Å². The van der Waals surface area contributed by atoms with Gasteiger partial charge >= 0.3 is 0 Å². The van der Waals surface area contributed by atoms with Gasteiger partial charge < -0.3 is 10.0 Å². The van der Waals surface area contributed by atoms with Crippen LogP contribution in [-0.4, -0.2) is 35.6 Å². The van der Waals surface area contributed by atoms with Gasteiger partial charge in [0.1, 0.15) is 0 Å². The fourth-order valence-electron chi connectivity index (χ4n) is 1.61. The number of amides is 1. The first-order chi connectivity index (χ1) is 7.76. The standard InChI is InChI=1S/C13H27NO2/c1-3-5-10-14(11-6-4-2)13(16)9-7-8-12-15/h15H,3-12H2,1-2H3. The molecule has 1 N–H and O–H groups in total. The van der Waals surface area contributed by atoms with Crippen LogP contribution in [0, 0.1) is 0 Å². The molecule has 16 heavy (non-hydrogen) atoms. The third kappa shape index (κ3) is 7.69. The molecule has 0 aliphatic rings. The quantitative estimate of drug-likeness (QED) is 0.585. The third-order valence-corrected chi connectivity index (χ3v) is 2.71. The normalized spacial score (nSPS) is 10.4. The lowest BCUT2D eigenvalue weighted by molar-refractivity contribution is -0.131. The van der Waals surface area contributed by atoms with Gasteiger partial charge in [0.2, 0.25) is 5.91 Å². The Morgan fingerprint density at radius 1 is 1.00 bits per heavy atom. The van der Waals surface area contributed by atoms with E-state index in [-0.39, 0.29) is 12.5 Å². The molecule has 0 aromatic heterocycles. The van der Waals surface area contributed by atoms with Crippen molar-refractivity contribution in [3.05, 3.63) is 0 Å². The molecule has 0 bridgehead atoms. The Morgan fingerprint density at radius 2 is 1.56 bits per heavy atom. The second kappa shape index (κ2) is 10.9. The Hall–Kier alpha value is -0.570. The summed E-state index contributed by atoms with van der Waals surface area (Å²) in [7, 11) is 0. The summed E-state index contributed by atoms with van der Waals surface area (Å²) in [6.07, 6.45) is 6.59. The van der Waals surface area contributed by atoms with Gasteiger partial charge in [-0.2, -0.15) is 0 Å². The van der Waals surface area contributed by atoms with Crippen LogP contribution in [0.1, 0.15) is 58.8 Å². The number of nitrogens with zero attached hydrogens (tertiary/aromatic N) is 1. The monoisotopic (exact) mass is 229 g/mol. The zero-order valence-electron chi connectivity index (χ0n) is 10.9. The molecule has 0 aromatic rings. The largest absolute Gasteiger partial charge is 0.396 e. The van der Waals surface area contributed by atoms with Crippen molar-refractivity contribution >= 4 is 5.91 Å².